The molecule has 40 valence electrons. The van der Waals surface area contributed by atoms with E-state index in [0.29, 0.717) is 0 Å². The summed E-state index contributed by atoms with van der Waals surface area (Å²) in [4.78, 5) is 0. The molecule has 10 heteroatoms. The molecule has 0 fully saturated rings. The molecule has 0 spiro atoms. The summed E-state index contributed by atoms with van der Waals surface area (Å²) in [6.07, 6.45) is 0. The van der Waals surface area contributed by atoms with Gasteiger partial charge in [0.25, 0.3) is 0 Å². The van der Waals surface area contributed by atoms with Gasteiger partial charge in [0.2, 0.25) is 0 Å². The predicted molar refractivity (Wildman–Crippen MR) is 0 cm³/mol. The molecule has 0 aliphatic carbocycles. The molecular formula is Ti10. The molecule has 0 aromatic carbocycles. The SMILES string of the molecule is [Ti].[Ti].[Ti].[Ti].[Ti].[Ti].[Ti].[Ti].[Ti].[Ti]. The van der Waals surface area contributed by atoms with Crippen LogP contribution in [0.5, 0.6) is 0 Å². The molecule has 0 aliphatic rings. The molecule has 0 aromatic heterocycles. The quantitative estimate of drug-likeness (QED) is 0.430. The van der Waals surface area contributed by atoms with E-state index >= 15 is 0 Å². The first-order valence-corrected chi connectivity index (χ1v) is 0. The molecule has 0 nitrogen and oxygen atoms in total. The fourth-order valence-electron chi connectivity index (χ4n) is 0. The molecule has 0 bridgehead atoms. The summed E-state index contributed by atoms with van der Waals surface area (Å²) >= 11 is 0. The molecule has 0 heterocycles. The summed E-state index contributed by atoms with van der Waals surface area (Å²) in [6.45, 7) is 0. The van der Waals surface area contributed by atoms with Crippen molar-refractivity contribution < 1.29 is 217 Å². The second-order valence-electron chi connectivity index (χ2n) is 0. The van der Waals surface area contributed by atoms with Gasteiger partial charge in [-0.2, -0.15) is 0 Å². The van der Waals surface area contributed by atoms with E-state index in [1.54, 1.807) is 0 Å². The zero-order chi connectivity index (χ0) is 0. The van der Waals surface area contributed by atoms with E-state index in [4.69, 9.17) is 0 Å². The van der Waals surface area contributed by atoms with Crippen LogP contribution in [-0.4, -0.2) is 0 Å². The molecule has 0 N–H and O–H groups in total. The van der Waals surface area contributed by atoms with Crippen molar-refractivity contribution in [3.8, 4) is 0 Å². The third kappa shape index (κ3) is 59.4. The van der Waals surface area contributed by atoms with Crippen molar-refractivity contribution >= 4 is 0 Å². The largest absolute Gasteiger partial charge is 0 e. The third-order valence-corrected chi connectivity index (χ3v) is 0. The Kier molecular flexibility index (Phi) is 635. The minimum absolute atomic E-state index is 0. The Morgan fingerprint density at radius 2 is 0.100 bits per heavy atom. The Labute approximate surface area is 211 Å². The van der Waals surface area contributed by atoms with Crippen LogP contribution in [0.3, 0.4) is 0 Å². The Morgan fingerprint density at radius 3 is 0.100 bits per heavy atom. The average Bonchev–Trinajstić information content (AvgIpc) is 0. The van der Waals surface area contributed by atoms with Crippen LogP contribution in [0.15, 0.2) is 0 Å². The molecule has 0 saturated heterocycles. The first-order valence-electron chi connectivity index (χ1n) is 0. The van der Waals surface area contributed by atoms with Crippen LogP contribution in [0.2, 0.25) is 0 Å². The number of rotatable bonds is 0. The fourth-order valence-corrected chi connectivity index (χ4v) is 0. The van der Waals surface area contributed by atoms with E-state index in [1.807, 2.05) is 0 Å². The normalized spacial score (nSPS) is 0. The van der Waals surface area contributed by atoms with Crippen LogP contribution in [0, 0.1) is 0 Å². The molecule has 0 aliphatic heterocycles. The third-order valence-electron chi connectivity index (χ3n) is 0. The van der Waals surface area contributed by atoms with Gasteiger partial charge in [-0.15, -0.1) is 0 Å². The van der Waals surface area contributed by atoms with Gasteiger partial charge in [0.05, 0.1) is 0 Å². The summed E-state index contributed by atoms with van der Waals surface area (Å²) in [7, 11) is 0. The number of hydrogen-bond donors (Lipinski definition) is 0. The Hall–Kier alpha value is 7.14. The second kappa shape index (κ2) is 72.6. The monoisotopic (exact) mass is 479 g/mol. The molecule has 0 unspecified atom stereocenters. The molecule has 10 heavy (non-hydrogen) atoms. The Morgan fingerprint density at radius 1 is 0.100 bits per heavy atom. The van der Waals surface area contributed by atoms with Crippen LogP contribution in [0.25, 0.3) is 0 Å². The van der Waals surface area contributed by atoms with Crippen molar-refractivity contribution in [1.82, 2.24) is 0 Å². The zero-order valence-corrected chi connectivity index (χ0v) is 20.6. The summed E-state index contributed by atoms with van der Waals surface area (Å²) in [5.41, 5.74) is 0. The van der Waals surface area contributed by atoms with E-state index < -0.39 is 0 Å². The van der Waals surface area contributed by atoms with Gasteiger partial charge >= 0.3 is 0 Å². The van der Waals surface area contributed by atoms with Gasteiger partial charge in [-0.1, -0.05) is 0 Å². The summed E-state index contributed by atoms with van der Waals surface area (Å²) < 4.78 is 0. The van der Waals surface area contributed by atoms with Gasteiger partial charge in [0.15, 0.2) is 0 Å². The fraction of sp³-hybridized carbons (Fsp3) is 0. The maximum absolute atomic E-state index is 0. The molecular weight excluding hydrogens is 479 g/mol. The summed E-state index contributed by atoms with van der Waals surface area (Å²) in [5, 5.41) is 0. The molecule has 0 saturated carbocycles. The molecule has 0 atom stereocenters. The van der Waals surface area contributed by atoms with E-state index in [-0.39, 0.29) is 217 Å². The molecule has 0 radical (unpaired) electrons. The zero-order valence-electron chi connectivity index (χ0n) is 5.00. The van der Waals surface area contributed by atoms with E-state index in [9.17, 15) is 0 Å². The minimum Gasteiger partial charge on any atom is 0 e. The number of hydrogen-bond acceptors (Lipinski definition) is 0. The van der Waals surface area contributed by atoms with Crippen molar-refractivity contribution in [1.29, 1.82) is 0 Å². The smallest absolute Gasteiger partial charge is 0 e. The standard InChI is InChI=1S/10Ti. The Balaban J connectivity index is 0. The van der Waals surface area contributed by atoms with Crippen molar-refractivity contribution in [2.45, 2.75) is 0 Å². The Bertz CT molecular complexity index is 0. The van der Waals surface area contributed by atoms with Crippen LogP contribution >= 0.6 is 0 Å². The van der Waals surface area contributed by atoms with Crippen molar-refractivity contribution in [3.63, 3.8) is 0 Å². The van der Waals surface area contributed by atoms with Gasteiger partial charge in [0, 0.05) is 217 Å². The van der Waals surface area contributed by atoms with Crippen LogP contribution in [0.4, 0.5) is 0 Å². The van der Waals surface area contributed by atoms with Crippen molar-refractivity contribution in [3.05, 3.63) is 0 Å². The topological polar surface area (TPSA) is 0 Å². The van der Waals surface area contributed by atoms with Crippen LogP contribution < -0.4 is 0 Å². The van der Waals surface area contributed by atoms with E-state index in [0.717, 1.165) is 0 Å². The summed E-state index contributed by atoms with van der Waals surface area (Å²) in [6, 6.07) is 0. The van der Waals surface area contributed by atoms with E-state index in [2.05, 4.69) is 0 Å². The molecule has 0 aromatic rings. The minimum atomic E-state index is 0. The average molecular weight is 479 g/mol. The maximum Gasteiger partial charge on any atom is 0 e. The van der Waals surface area contributed by atoms with Crippen molar-refractivity contribution in [2.24, 2.45) is 0 Å². The first-order chi connectivity index (χ1) is 0. The van der Waals surface area contributed by atoms with Crippen molar-refractivity contribution in [2.75, 3.05) is 0 Å². The first kappa shape index (κ1) is 87.6. The predicted octanol–water partition coefficient (Wildman–Crippen LogP) is -0.0250. The van der Waals surface area contributed by atoms with Gasteiger partial charge in [-0.25, -0.2) is 0 Å². The van der Waals surface area contributed by atoms with Crippen LogP contribution in [0.1, 0.15) is 0 Å². The van der Waals surface area contributed by atoms with Gasteiger partial charge in [0.1, 0.15) is 0 Å². The second-order valence-corrected chi connectivity index (χ2v) is 0. The van der Waals surface area contributed by atoms with Gasteiger partial charge in [-0.05, 0) is 0 Å². The summed E-state index contributed by atoms with van der Waals surface area (Å²) in [5.74, 6) is 0. The van der Waals surface area contributed by atoms with Gasteiger partial charge < -0.3 is 0 Å². The van der Waals surface area contributed by atoms with Gasteiger partial charge in [-0.3, -0.25) is 0 Å². The molecule has 0 rings (SSSR count). The molecule has 0 amide bonds. The van der Waals surface area contributed by atoms with E-state index in [1.165, 1.54) is 0 Å². The maximum atomic E-state index is 0. The van der Waals surface area contributed by atoms with Crippen LogP contribution in [-0.2, 0) is 217 Å².